The summed E-state index contributed by atoms with van der Waals surface area (Å²) >= 11 is 0. The molecule has 1 saturated heterocycles. The van der Waals surface area contributed by atoms with Gasteiger partial charge in [0.1, 0.15) is 5.82 Å². The van der Waals surface area contributed by atoms with Crippen molar-refractivity contribution in [2.45, 2.75) is 67.1 Å². The van der Waals surface area contributed by atoms with E-state index in [0.717, 1.165) is 37.9 Å². The van der Waals surface area contributed by atoms with Gasteiger partial charge in [0.05, 0.1) is 0 Å². The van der Waals surface area contributed by atoms with E-state index in [0.29, 0.717) is 0 Å². The molecule has 152 valence electrons. The fourth-order valence-corrected chi connectivity index (χ4v) is 3.64. The summed E-state index contributed by atoms with van der Waals surface area (Å²) in [5.41, 5.74) is 4.26. The molecule has 2 aromatic rings. The molecule has 0 saturated carbocycles. The van der Waals surface area contributed by atoms with Crippen molar-refractivity contribution in [2.75, 3.05) is 19.6 Å². The molecule has 2 aliphatic rings. The van der Waals surface area contributed by atoms with Gasteiger partial charge in [0.25, 0.3) is 0 Å². The van der Waals surface area contributed by atoms with Crippen molar-refractivity contribution >= 4 is 0 Å². The Morgan fingerprint density at radius 2 is 1.67 bits per heavy atom. The van der Waals surface area contributed by atoms with Crippen molar-refractivity contribution < 1.29 is 1.43 Å². The van der Waals surface area contributed by atoms with Crippen molar-refractivity contribution in [1.29, 1.82) is 0 Å². The Labute approximate surface area is 167 Å². The second-order valence-electron chi connectivity index (χ2n) is 7.52. The predicted octanol–water partition coefficient (Wildman–Crippen LogP) is 5.24. The summed E-state index contributed by atoms with van der Waals surface area (Å²) < 4.78 is 0. The van der Waals surface area contributed by atoms with E-state index in [1.54, 1.807) is 0 Å². The van der Waals surface area contributed by atoms with E-state index in [9.17, 15) is 0 Å². The van der Waals surface area contributed by atoms with Crippen LogP contribution in [0.2, 0.25) is 0 Å². The maximum Gasteiger partial charge on any atom is 0.103 e. The number of hydrogen-bond acceptors (Lipinski definition) is 3. The maximum atomic E-state index is 4.21. The van der Waals surface area contributed by atoms with Gasteiger partial charge in [0.15, 0.2) is 0 Å². The number of aromatic nitrogens is 2. The van der Waals surface area contributed by atoms with Gasteiger partial charge in [-0.1, -0.05) is 52.0 Å². The maximum absolute atomic E-state index is 4.21. The quantitative estimate of drug-likeness (QED) is 0.800. The Morgan fingerprint density at radius 1 is 1.07 bits per heavy atom. The first-order valence-corrected chi connectivity index (χ1v) is 10.7. The van der Waals surface area contributed by atoms with Gasteiger partial charge in [-0.2, -0.15) is 0 Å². The van der Waals surface area contributed by atoms with Crippen LogP contribution in [0.3, 0.4) is 0 Å². The molecular formula is C23H40N4. The standard InChI is InChI=1S/C11H19N3.C10H13N.C2H6.H2/c1-9-3-5-14(6-4-9)8-11-7-12-10(2)13-11;1-2-11-7-9-5-3-4-6-10(9)8-11;1-2;/h7,9H,3-6,8H2,1-2H3,(H,12,13);3-6H,2,7-8H2,1H3;1-2H3;1H. The average molecular weight is 373 g/mol. The van der Waals surface area contributed by atoms with E-state index in [4.69, 9.17) is 0 Å². The summed E-state index contributed by atoms with van der Waals surface area (Å²) in [5, 5.41) is 0. The molecule has 0 amide bonds. The van der Waals surface area contributed by atoms with Gasteiger partial charge in [-0.3, -0.25) is 9.80 Å². The number of aryl methyl sites for hydroxylation is 1. The zero-order chi connectivity index (χ0) is 19.6. The highest BCUT2D eigenvalue weighted by atomic mass is 15.1. The van der Waals surface area contributed by atoms with Gasteiger partial charge in [-0.25, -0.2) is 4.98 Å². The Kier molecular flexibility index (Phi) is 9.02. The highest BCUT2D eigenvalue weighted by Gasteiger charge is 2.16. The number of H-pyrrole nitrogens is 1. The Hall–Kier alpha value is -1.65. The summed E-state index contributed by atoms with van der Waals surface area (Å²) in [5.74, 6) is 1.93. The zero-order valence-corrected chi connectivity index (χ0v) is 18.0. The molecule has 4 heteroatoms. The normalized spacial score (nSPS) is 17.5. The lowest BCUT2D eigenvalue weighted by atomic mass is 9.99. The third-order valence-electron chi connectivity index (χ3n) is 5.38. The molecule has 0 spiro atoms. The molecule has 4 nitrogen and oxygen atoms in total. The van der Waals surface area contributed by atoms with Crippen LogP contribution in [0.5, 0.6) is 0 Å². The van der Waals surface area contributed by atoms with Crippen LogP contribution in [0.4, 0.5) is 0 Å². The van der Waals surface area contributed by atoms with Crippen LogP contribution in [0.15, 0.2) is 30.5 Å². The summed E-state index contributed by atoms with van der Waals surface area (Å²) in [6.07, 6.45) is 4.63. The Bertz CT molecular complexity index is 637. The number of benzene rings is 1. The molecule has 0 unspecified atom stereocenters. The SMILES string of the molecule is CC.CCN1Cc2ccccc2C1.Cc1ncc(CN2CCC(C)CC2)[nH]1.[HH]. The monoisotopic (exact) mass is 372 g/mol. The van der Waals surface area contributed by atoms with Crippen molar-refractivity contribution in [2.24, 2.45) is 5.92 Å². The largest absolute Gasteiger partial charge is 0.345 e. The van der Waals surface area contributed by atoms with E-state index in [1.165, 1.54) is 42.8 Å². The summed E-state index contributed by atoms with van der Waals surface area (Å²) in [4.78, 5) is 12.5. The van der Waals surface area contributed by atoms with Crippen LogP contribution in [-0.2, 0) is 19.6 Å². The van der Waals surface area contributed by atoms with Crippen LogP contribution in [-0.4, -0.2) is 39.4 Å². The van der Waals surface area contributed by atoms with Crippen molar-refractivity contribution in [3.05, 3.63) is 53.1 Å². The molecule has 1 fully saturated rings. The predicted molar refractivity (Wildman–Crippen MR) is 117 cm³/mol. The topological polar surface area (TPSA) is 35.2 Å². The third-order valence-corrected chi connectivity index (χ3v) is 5.38. The molecule has 0 bridgehead atoms. The highest BCUT2D eigenvalue weighted by Crippen LogP contribution is 2.21. The van der Waals surface area contributed by atoms with E-state index in [-0.39, 0.29) is 1.43 Å². The summed E-state index contributed by atoms with van der Waals surface area (Å²) in [7, 11) is 0. The number of rotatable bonds is 3. The zero-order valence-electron chi connectivity index (χ0n) is 18.0. The molecule has 4 rings (SSSR count). The first-order chi connectivity index (χ1) is 13.1. The average Bonchev–Trinajstić information content (AvgIpc) is 3.31. The first kappa shape index (κ1) is 21.6. The second-order valence-corrected chi connectivity index (χ2v) is 7.52. The second kappa shape index (κ2) is 11.3. The molecule has 0 radical (unpaired) electrons. The van der Waals surface area contributed by atoms with E-state index in [2.05, 4.69) is 57.9 Å². The highest BCUT2D eigenvalue weighted by molar-refractivity contribution is 5.29. The lowest BCUT2D eigenvalue weighted by molar-refractivity contribution is 0.183. The van der Waals surface area contributed by atoms with Gasteiger partial charge < -0.3 is 4.98 Å². The number of piperidine rings is 1. The Balaban J connectivity index is 0.000000254. The minimum absolute atomic E-state index is 0. The van der Waals surface area contributed by atoms with E-state index < -0.39 is 0 Å². The third kappa shape index (κ3) is 6.78. The van der Waals surface area contributed by atoms with Gasteiger partial charge in [0, 0.05) is 33.0 Å². The number of aromatic amines is 1. The van der Waals surface area contributed by atoms with Crippen LogP contribution in [0.1, 0.15) is 64.6 Å². The van der Waals surface area contributed by atoms with Crippen LogP contribution >= 0.6 is 0 Å². The van der Waals surface area contributed by atoms with Gasteiger partial charge in [0.2, 0.25) is 0 Å². The number of likely N-dealkylation sites (tertiary alicyclic amines) is 1. The molecule has 1 aromatic carbocycles. The van der Waals surface area contributed by atoms with E-state index in [1.807, 2.05) is 27.0 Å². The van der Waals surface area contributed by atoms with Crippen LogP contribution in [0, 0.1) is 12.8 Å². The van der Waals surface area contributed by atoms with Gasteiger partial charge in [-0.05, 0) is 56.4 Å². The van der Waals surface area contributed by atoms with Crippen LogP contribution in [0.25, 0.3) is 0 Å². The van der Waals surface area contributed by atoms with Gasteiger partial charge in [-0.15, -0.1) is 0 Å². The van der Waals surface area contributed by atoms with E-state index >= 15 is 0 Å². The number of nitrogens with zero attached hydrogens (tertiary/aromatic N) is 3. The molecule has 1 aromatic heterocycles. The number of imidazole rings is 1. The van der Waals surface area contributed by atoms with Gasteiger partial charge >= 0.3 is 0 Å². The smallest absolute Gasteiger partial charge is 0.103 e. The molecule has 3 heterocycles. The number of fused-ring (bicyclic) bond motifs is 1. The van der Waals surface area contributed by atoms with Crippen molar-refractivity contribution in [1.82, 2.24) is 19.8 Å². The molecule has 0 atom stereocenters. The minimum atomic E-state index is 0. The molecule has 2 aliphatic heterocycles. The minimum Gasteiger partial charge on any atom is -0.345 e. The molecule has 1 N–H and O–H groups in total. The fourth-order valence-electron chi connectivity index (χ4n) is 3.64. The molecule has 27 heavy (non-hydrogen) atoms. The number of nitrogens with one attached hydrogen (secondary N) is 1. The lowest BCUT2D eigenvalue weighted by Gasteiger charge is -2.29. The fraction of sp³-hybridized carbons (Fsp3) is 0.609. The van der Waals surface area contributed by atoms with Crippen LogP contribution < -0.4 is 0 Å². The summed E-state index contributed by atoms with van der Waals surface area (Å²) in [6.45, 7) is 17.5. The van der Waals surface area contributed by atoms with Crippen molar-refractivity contribution in [3.63, 3.8) is 0 Å². The van der Waals surface area contributed by atoms with Crippen molar-refractivity contribution in [3.8, 4) is 0 Å². The lowest BCUT2D eigenvalue weighted by Crippen LogP contribution is -2.32. The molecular weight excluding hydrogens is 332 g/mol. The summed E-state index contributed by atoms with van der Waals surface area (Å²) in [6, 6.07) is 8.70. The first-order valence-electron chi connectivity index (χ1n) is 10.7. The number of hydrogen-bond donors (Lipinski definition) is 1. The molecule has 0 aliphatic carbocycles. The Morgan fingerprint density at radius 3 is 2.15 bits per heavy atom.